The Morgan fingerprint density at radius 1 is 1.13 bits per heavy atom. The van der Waals surface area contributed by atoms with Gasteiger partial charge in [0.2, 0.25) is 11.8 Å². The van der Waals surface area contributed by atoms with Crippen molar-refractivity contribution in [3.05, 3.63) is 65.7 Å². The SMILES string of the molecule is Cc1ccc(NC(=O)C2CCC(=O)N2Cc2ccccc2)cc1. The van der Waals surface area contributed by atoms with Crippen molar-refractivity contribution >= 4 is 17.5 Å². The molecular weight excluding hydrogens is 288 g/mol. The number of amides is 2. The summed E-state index contributed by atoms with van der Waals surface area (Å²) in [4.78, 5) is 26.4. The molecule has 4 nitrogen and oxygen atoms in total. The van der Waals surface area contributed by atoms with Crippen LogP contribution in [0.1, 0.15) is 24.0 Å². The summed E-state index contributed by atoms with van der Waals surface area (Å²) in [6, 6.07) is 17.0. The van der Waals surface area contributed by atoms with E-state index in [0.717, 1.165) is 16.8 Å². The molecule has 1 unspecified atom stereocenters. The largest absolute Gasteiger partial charge is 0.326 e. The highest BCUT2D eigenvalue weighted by Gasteiger charge is 2.35. The summed E-state index contributed by atoms with van der Waals surface area (Å²) in [6.07, 6.45) is 1.00. The summed E-state index contributed by atoms with van der Waals surface area (Å²) in [5.74, 6) is -0.0754. The number of hydrogen-bond acceptors (Lipinski definition) is 2. The van der Waals surface area contributed by atoms with E-state index in [4.69, 9.17) is 0 Å². The van der Waals surface area contributed by atoms with Crippen LogP contribution in [0.25, 0.3) is 0 Å². The van der Waals surface area contributed by atoms with E-state index < -0.39 is 6.04 Å². The number of rotatable bonds is 4. The lowest BCUT2D eigenvalue weighted by Crippen LogP contribution is -2.41. The number of hydrogen-bond donors (Lipinski definition) is 1. The summed E-state index contributed by atoms with van der Waals surface area (Å²) in [7, 11) is 0. The monoisotopic (exact) mass is 308 g/mol. The highest BCUT2D eigenvalue weighted by molar-refractivity contribution is 5.99. The number of carbonyl (C=O) groups excluding carboxylic acids is 2. The van der Waals surface area contributed by atoms with Gasteiger partial charge in [-0.05, 0) is 31.0 Å². The van der Waals surface area contributed by atoms with Crippen molar-refractivity contribution in [3.8, 4) is 0 Å². The average molecular weight is 308 g/mol. The second-order valence-corrected chi connectivity index (χ2v) is 5.92. The van der Waals surface area contributed by atoms with E-state index in [2.05, 4.69) is 5.32 Å². The second-order valence-electron chi connectivity index (χ2n) is 5.92. The Labute approximate surface area is 136 Å². The van der Waals surface area contributed by atoms with Gasteiger partial charge >= 0.3 is 0 Å². The zero-order valence-corrected chi connectivity index (χ0v) is 13.2. The number of benzene rings is 2. The molecule has 1 heterocycles. The number of carbonyl (C=O) groups is 2. The highest BCUT2D eigenvalue weighted by atomic mass is 16.2. The zero-order valence-electron chi connectivity index (χ0n) is 13.2. The first kappa shape index (κ1) is 15.3. The molecule has 0 spiro atoms. The molecule has 1 fully saturated rings. The van der Waals surface area contributed by atoms with E-state index in [-0.39, 0.29) is 11.8 Å². The summed E-state index contributed by atoms with van der Waals surface area (Å²) < 4.78 is 0. The summed E-state index contributed by atoms with van der Waals surface area (Å²) in [5.41, 5.74) is 2.94. The molecule has 2 amide bonds. The average Bonchev–Trinajstić information content (AvgIpc) is 2.92. The van der Waals surface area contributed by atoms with Gasteiger partial charge in [-0.1, -0.05) is 48.0 Å². The van der Waals surface area contributed by atoms with Crippen molar-refractivity contribution in [2.24, 2.45) is 0 Å². The van der Waals surface area contributed by atoms with E-state index in [1.165, 1.54) is 0 Å². The molecule has 3 rings (SSSR count). The molecule has 2 aromatic rings. The van der Waals surface area contributed by atoms with Crippen LogP contribution in [-0.4, -0.2) is 22.8 Å². The minimum Gasteiger partial charge on any atom is -0.326 e. The van der Waals surface area contributed by atoms with Gasteiger partial charge < -0.3 is 10.2 Å². The molecule has 1 aliphatic rings. The maximum atomic E-state index is 12.5. The van der Waals surface area contributed by atoms with Crippen LogP contribution in [0.5, 0.6) is 0 Å². The van der Waals surface area contributed by atoms with Crippen molar-refractivity contribution in [1.82, 2.24) is 4.90 Å². The third kappa shape index (κ3) is 3.59. The van der Waals surface area contributed by atoms with Crippen LogP contribution < -0.4 is 5.32 Å². The number of nitrogens with one attached hydrogen (secondary N) is 1. The Morgan fingerprint density at radius 3 is 2.52 bits per heavy atom. The van der Waals surface area contributed by atoms with Gasteiger partial charge in [-0.15, -0.1) is 0 Å². The molecule has 0 saturated carbocycles. The summed E-state index contributed by atoms with van der Waals surface area (Å²) in [5, 5.41) is 2.91. The fourth-order valence-electron chi connectivity index (χ4n) is 2.85. The molecule has 0 aliphatic carbocycles. The third-order valence-corrected chi connectivity index (χ3v) is 4.15. The quantitative estimate of drug-likeness (QED) is 0.943. The zero-order chi connectivity index (χ0) is 16.2. The van der Waals surface area contributed by atoms with Gasteiger partial charge in [-0.3, -0.25) is 9.59 Å². The van der Waals surface area contributed by atoms with Crippen LogP contribution >= 0.6 is 0 Å². The van der Waals surface area contributed by atoms with E-state index >= 15 is 0 Å². The van der Waals surface area contributed by atoms with Crippen molar-refractivity contribution in [3.63, 3.8) is 0 Å². The third-order valence-electron chi connectivity index (χ3n) is 4.15. The topological polar surface area (TPSA) is 49.4 Å². The van der Waals surface area contributed by atoms with Gasteiger partial charge in [0, 0.05) is 18.7 Å². The lowest BCUT2D eigenvalue weighted by atomic mass is 10.1. The fraction of sp³-hybridized carbons (Fsp3) is 0.263. The molecule has 118 valence electrons. The summed E-state index contributed by atoms with van der Waals surface area (Å²) in [6.45, 7) is 2.48. The molecule has 1 saturated heterocycles. The van der Waals surface area contributed by atoms with Gasteiger partial charge in [0.25, 0.3) is 0 Å². The van der Waals surface area contributed by atoms with Crippen molar-refractivity contribution in [2.45, 2.75) is 32.4 Å². The van der Waals surface area contributed by atoms with Crippen molar-refractivity contribution in [1.29, 1.82) is 0 Å². The fourth-order valence-corrected chi connectivity index (χ4v) is 2.85. The molecule has 1 N–H and O–H groups in total. The molecule has 0 bridgehead atoms. The standard InChI is InChI=1S/C19H20N2O2/c1-14-7-9-16(10-8-14)20-19(23)17-11-12-18(22)21(17)13-15-5-3-2-4-6-15/h2-10,17H,11-13H2,1H3,(H,20,23). The van der Waals surface area contributed by atoms with Crippen LogP contribution in [0.4, 0.5) is 5.69 Å². The lowest BCUT2D eigenvalue weighted by molar-refractivity contribution is -0.133. The van der Waals surface area contributed by atoms with Gasteiger partial charge in [0.05, 0.1) is 0 Å². The van der Waals surface area contributed by atoms with E-state index in [1.807, 2.05) is 61.5 Å². The molecule has 1 atom stereocenters. The first-order valence-corrected chi connectivity index (χ1v) is 7.84. The number of nitrogens with zero attached hydrogens (tertiary/aromatic N) is 1. The van der Waals surface area contributed by atoms with Crippen molar-refractivity contribution < 1.29 is 9.59 Å². The molecule has 1 aliphatic heterocycles. The molecule has 23 heavy (non-hydrogen) atoms. The van der Waals surface area contributed by atoms with Crippen LogP contribution in [0, 0.1) is 6.92 Å². The molecule has 0 radical (unpaired) electrons. The Bertz CT molecular complexity index is 695. The molecule has 2 aromatic carbocycles. The lowest BCUT2D eigenvalue weighted by Gasteiger charge is -2.24. The van der Waals surface area contributed by atoms with Gasteiger partial charge in [0.15, 0.2) is 0 Å². The predicted molar refractivity (Wildman–Crippen MR) is 89.8 cm³/mol. The van der Waals surface area contributed by atoms with E-state index in [0.29, 0.717) is 19.4 Å². The van der Waals surface area contributed by atoms with Gasteiger partial charge in [-0.25, -0.2) is 0 Å². The maximum absolute atomic E-state index is 12.5. The number of likely N-dealkylation sites (tertiary alicyclic amines) is 1. The van der Waals surface area contributed by atoms with Crippen LogP contribution in [0.2, 0.25) is 0 Å². The Morgan fingerprint density at radius 2 is 1.83 bits per heavy atom. The first-order chi connectivity index (χ1) is 11.1. The van der Waals surface area contributed by atoms with Crippen LogP contribution in [0.15, 0.2) is 54.6 Å². The smallest absolute Gasteiger partial charge is 0.247 e. The Kier molecular flexibility index (Phi) is 4.42. The van der Waals surface area contributed by atoms with Gasteiger partial charge in [-0.2, -0.15) is 0 Å². The number of aryl methyl sites for hydroxylation is 1. The maximum Gasteiger partial charge on any atom is 0.247 e. The normalized spacial score (nSPS) is 17.3. The second kappa shape index (κ2) is 6.65. The van der Waals surface area contributed by atoms with Crippen LogP contribution in [0.3, 0.4) is 0 Å². The minimum absolute atomic E-state index is 0.0397. The highest BCUT2D eigenvalue weighted by Crippen LogP contribution is 2.23. The molecule has 4 heteroatoms. The summed E-state index contributed by atoms with van der Waals surface area (Å²) >= 11 is 0. The Balaban J connectivity index is 1.71. The van der Waals surface area contributed by atoms with Crippen molar-refractivity contribution in [2.75, 3.05) is 5.32 Å². The van der Waals surface area contributed by atoms with E-state index in [9.17, 15) is 9.59 Å². The Hall–Kier alpha value is -2.62. The predicted octanol–water partition coefficient (Wildman–Crippen LogP) is 3.12. The first-order valence-electron chi connectivity index (χ1n) is 7.84. The van der Waals surface area contributed by atoms with E-state index in [1.54, 1.807) is 4.90 Å². The number of anilines is 1. The molecule has 0 aromatic heterocycles. The van der Waals surface area contributed by atoms with Crippen LogP contribution in [-0.2, 0) is 16.1 Å². The van der Waals surface area contributed by atoms with Gasteiger partial charge in [0.1, 0.15) is 6.04 Å². The minimum atomic E-state index is -0.399. The molecular formula is C19H20N2O2.